The number of halogens is 2. The van der Waals surface area contributed by atoms with Gasteiger partial charge in [-0.1, -0.05) is 46.3 Å². The molecule has 0 spiro atoms. The fourth-order valence-electron chi connectivity index (χ4n) is 2.45. The smallest absolute Gasteiger partial charge is 0.293 e. The summed E-state index contributed by atoms with van der Waals surface area (Å²) >= 11 is 7.80. The number of nitrogens with zero attached hydrogens (tertiary/aromatic N) is 1. The molecule has 7 heteroatoms. The molecule has 25 heavy (non-hydrogen) atoms. The van der Waals surface area contributed by atoms with Crippen LogP contribution in [0.3, 0.4) is 0 Å². The van der Waals surface area contributed by atoms with E-state index in [1.807, 2.05) is 42.5 Å². The quantitative estimate of drug-likeness (QED) is 0.543. The van der Waals surface area contributed by atoms with E-state index in [4.69, 9.17) is 4.74 Å². The standard InChI is InChI=1S/C18H13Br2NO3S/c1-24-16-12(7-13(19)9-14(16)20)8-15-17(22)21(18(23)25-15)10-11-5-3-2-4-6-11/h2-9H,10H2,1H3/b15-8-. The van der Waals surface area contributed by atoms with Crippen molar-refractivity contribution in [1.29, 1.82) is 0 Å². The number of amides is 2. The average molecular weight is 483 g/mol. The molecule has 0 aromatic heterocycles. The molecule has 1 aliphatic rings. The first-order valence-electron chi connectivity index (χ1n) is 7.32. The van der Waals surface area contributed by atoms with Crippen molar-refractivity contribution in [2.45, 2.75) is 6.54 Å². The van der Waals surface area contributed by atoms with E-state index in [2.05, 4.69) is 31.9 Å². The summed E-state index contributed by atoms with van der Waals surface area (Å²) in [7, 11) is 1.56. The second-order valence-electron chi connectivity index (χ2n) is 5.26. The van der Waals surface area contributed by atoms with Crippen molar-refractivity contribution in [3.05, 3.63) is 67.4 Å². The Morgan fingerprint density at radius 2 is 1.88 bits per heavy atom. The van der Waals surface area contributed by atoms with E-state index in [-0.39, 0.29) is 17.7 Å². The van der Waals surface area contributed by atoms with Gasteiger partial charge in [-0.15, -0.1) is 0 Å². The molecule has 2 aromatic carbocycles. The lowest BCUT2D eigenvalue weighted by molar-refractivity contribution is -0.123. The summed E-state index contributed by atoms with van der Waals surface area (Å²) in [5, 5.41) is -0.270. The SMILES string of the molecule is COc1c(Br)cc(Br)cc1/C=C1\SC(=O)N(Cc2ccccc2)C1=O. The minimum atomic E-state index is -0.294. The molecule has 2 amide bonds. The van der Waals surface area contributed by atoms with Gasteiger partial charge in [-0.25, -0.2) is 0 Å². The molecule has 128 valence electrons. The fraction of sp³-hybridized carbons (Fsp3) is 0.111. The van der Waals surface area contributed by atoms with Gasteiger partial charge >= 0.3 is 0 Å². The lowest BCUT2D eigenvalue weighted by Gasteiger charge is -2.12. The van der Waals surface area contributed by atoms with E-state index in [1.165, 1.54) is 4.90 Å². The Balaban J connectivity index is 1.91. The largest absolute Gasteiger partial charge is 0.495 e. The maximum absolute atomic E-state index is 12.6. The molecule has 0 N–H and O–H groups in total. The van der Waals surface area contributed by atoms with Crippen LogP contribution >= 0.6 is 43.6 Å². The zero-order valence-corrected chi connectivity index (χ0v) is 17.2. The average Bonchev–Trinajstić information content (AvgIpc) is 2.83. The summed E-state index contributed by atoms with van der Waals surface area (Å²) < 4.78 is 7.00. The van der Waals surface area contributed by atoms with Crippen LogP contribution in [0.25, 0.3) is 6.08 Å². The molecule has 0 unspecified atom stereocenters. The highest BCUT2D eigenvalue weighted by Gasteiger charge is 2.35. The third-order valence-electron chi connectivity index (χ3n) is 3.58. The van der Waals surface area contributed by atoms with Crippen LogP contribution in [0.4, 0.5) is 4.79 Å². The Bertz CT molecular complexity index is 868. The third-order valence-corrected chi connectivity index (χ3v) is 5.54. The number of benzene rings is 2. The molecule has 0 aliphatic carbocycles. The number of hydrogen-bond acceptors (Lipinski definition) is 4. The van der Waals surface area contributed by atoms with Crippen LogP contribution < -0.4 is 4.74 Å². The number of rotatable bonds is 4. The number of hydrogen-bond donors (Lipinski definition) is 0. The summed E-state index contributed by atoms with van der Waals surface area (Å²) in [4.78, 5) is 26.5. The van der Waals surface area contributed by atoms with Gasteiger partial charge in [0.05, 0.1) is 23.0 Å². The topological polar surface area (TPSA) is 46.6 Å². The van der Waals surface area contributed by atoms with Crippen LogP contribution in [0.15, 0.2) is 56.3 Å². The minimum Gasteiger partial charge on any atom is -0.495 e. The molecule has 1 heterocycles. The van der Waals surface area contributed by atoms with Gasteiger partial charge < -0.3 is 4.74 Å². The van der Waals surface area contributed by atoms with Crippen LogP contribution in [-0.2, 0) is 11.3 Å². The number of imide groups is 1. The predicted molar refractivity (Wildman–Crippen MR) is 106 cm³/mol. The zero-order valence-electron chi connectivity index (χ0n) is 13.2. The van der Waals surface area contributed by atoms with Gasteiger partial charge in [0, 0.05) is 10.0 Å². The van der Waals surface area contributed by atoms with Gasteiger partial charge in [0.25, 0.3) is 11.1 Å². The molecule has 0 atom stereocenters. The van der Waals surface area contributed by atoms with E-state index in [1.54, 1.807) is 13.2 Å². The second-order valence-corrected chi connectivity index (χ2v) is 8.03. The molecular weight excluding hydrogens is 470 g/mol. The van der Waals surface area contributed by atoms with Gasteiger partial charge in [-0.3, -0.25) is 14.5 Å². The van der Waals surface area contributed by atoms with Crippen LogP contribution in [0, 0.1) is 0 Å². The van der Waals surface area contributed by atoms with Crippen LogP contribution in [-0.4, -0.2) is 23.2 Å². The second kappa shape index (κ2) is 7.76. The Morgan fingerprint density at radius 1 is 1.16 bits per heavy atom. The lowest BCUT2D eigenvalue weighted by atomic mass is 10.1. The molecule has 0 bridgehead atoms. The van der Waals surface area contributed by atoms with Crippen molar-refractivity contribution in [2.24, 2.45) is 0 Å². The van der Waals surface area contributed by atoms with Crippen molar-refractivity contribution in [1.82, 2.24) is 4.90 Å². The van der Waals surface area contributed by atoms with Crippen molar-refractivity contribution in [2.75, 3.05) is 7.11 Å². The van der Waals surface area contributed by atoms with Crippen LogP contribution in [0.5, 0.6) is 5.75 Å². The predicted octanol–water partition coefficient (Wildman–Crippen LogP) is 5.46. The number of methoxy groups -OCH3 is 1. The number of ether oxygens (including phenoxy) is 1. The molecule has 0 radical (unpaired) electrons. The number of thioether (sulfide) groups is 1. The van der Waals surface area contributed by atoms with Crippen molar-refractivity contribution in [3.8, 4) is 5.75 Å². The first kappa shape index (κ1) is 18.2. The number of carbonyl (C=O) groups excluding carboxylic acids is 2. The van der Waals surface area contributed by atoms with Gasteiger partial charge in [0.1, 0.15) is 5.75 Å². The third kappa shape index (κ3) is 3.99. The van der Waals surface area contributed by atoms with Crippen molar-refractivity contribution < 1.29 is 14.3 Å². The van der Waals surface area contributed by atoms with E-state index in [9.17, 15) is 9.59 Å². The highest BCUT2D eigenvalue weighted by Crippen LogP contribution is 2.38. The summed E-state index contributed by atoms with van der Waals surface area (Å²) in [6.45, 7) is 0.266. The van der Waals surface area contributed by atoms with Crippen LogP contribution in [0.1, 0.15) is 11.1 Å². The van der Waals surface area contributed by atoms with Gasteiger partial charge in [-0.05, 0) is 51.5 Å². The van der Waals surface area contributed by atoms with Crippen molar-refractivity contribution in [3.63, 3.8) is 0 Å². The van der Waals surface area contributed by atoms with E-state index in [0.717, 1.165) is 26.3 Å². The Hall–Kier alpha value is -1.57. The molecule has 1 aliphatic heterocycles. The molecule has 2 aromatic rings. The normalized spacial score (nSPS) is 16.0. The molecule has 4 nitrogen and oxygen atoms in total. The Labute approximate surface area is 166 Å². The molecule has 3 rings (SSSR count). The maximum Gasteiger partial charge on any atom is 0.293 e. The monoisotopic (exact) mass is 481 g/mol. The number of carbonyl (C=O) groups is 2. The summed E-state index contributed by atoms with van der Waals surface area (Å²) in [5.74, 6) is 0.315. The van der Waals surface area contributed by atoms with Gasteiger partial charge in [0.2, 0.25) is 0 Å². The summed E-state index contributed by atoms with van der Waals surface area (Å²) in [5.41, 5.74) is 1.63. The Morgan fingerprint density at radius 3 is 2.56 bits per heavy atom. The van der Waals surface area contributed by atoms with E-state index >= 15 is 0 Å². The molecule has 1 fully saturated rings. The van der Waals surface area contributed by atoms with Crippen molar-refractivity contribution >= 4 is 60.8 Å². The highest BCUT2D eigenvalue weighted by molar-refractivity contribution is 9.11. The maximum atomic E-state index is 12.6. The zero-order chi connectivity index (χ0) is 18.0. The van der Waals surface area contributed by atoms with Gasteiger partial charge in [-0.2, -0.15) is 0 Å². The Kier molecular flexibility index (Phi) is 5.66. The summed E-state index contributed by atoms with van der Waals surface area (Å²) in [6.07, 6.45) is 1.68. The van der Waals surface area contributed by atoms with E-state index in [0.29, 0.717) is 16.2 Å². The molecular formula is C18H13Br2NO3S. The fourth-order valence-corrected chi connectivity index (χ4v) is 4.70. The first-order chi connectivity index (χ1) is 12.0. The molecule has 0 saturated carbocycles. The van der Waals surface area contributed by atoms with Crippen LogP contribution in [0.2, 0.25) is 0 Å². The van der Waals surface area contributed by atoms with Gasteiger partial charge in [0.15, 0.2) is 0 Å². The summed E-state index contributed by atoms with van der Waals surface area (Å²) in [6, 6.07) is 13.1. The minimum absolute atomic E-state index is 0.266. The first-order valence-corrected chi connectivity index (χ1v) is 9.72. The highest BCUT2D eigenvalue weighted by atomic mass is 79.9. The molecule has 1 saturated heterocycles. The van der Waals surface area contributed by atoms with E-state index < -0.39 is 0 Å². The lowest BCUT2D eigenvalue weighted by Crippen LogP contribution is -2.27.